The molecule has 18 heavy (non-hydrogen) atoms. The molecule has 0 fully saturated rings. The van der Waals surface area contributed by atoms with Gasteiger partial charge in [-0.15, -0.1) is 0 Å². The molecule has 0 saturated carbocycles. The second kappa shape index (κ2) is 5.31. The maximum Gasteiger partial charge on any atom is 0.165 e. The molecule has 3 nitrogen and oxygen atoms in total. The number of rotatable bonds is 3. The summed E-state index contributed by atoms with van der Waals surface area (Å²) in [4.78, 5) is 4.23. The molecule has 2 N–H and O–H groups in total. The lowest BCUT2D eigenvalue weighted by Gasteiger charge is -2.04. The van der Waals surface area contributed by atoms with Crippen molar-refractivity contribution in [3.63, 3.8) is 0 Å². The fraction of sp³-hybridized carbons (Fsp3) is 0.0714. The van der Waals surface area contributed by atoms with Gasteiger partial charge in [0.25, 0.3) is 0 Å². The van der Waals surface area contributed by atoms with Crippen LogP contribution in [0.25, 0.3) is 0 Å². The Kier molecular flexibility index (Phi) is 3.57. The largest absolute Gasteiger partial charge is 0.494 e. The van der Waals surface area contributed by atoms with Crippen LogP contribution in [0.1, 0.15) is 5.56 Å². The van der Waals surface area contributed by atoms with Crippen molar-refractivity contribution in [2.45, 2.75) is 0 Å². The minimum Gasteiger partial charge on any atom is -0.494 e. The Hall–Kier alpha value is -2.36. The van der Waals surface area contributed by atoms with Crippen LogP contribution >= 0.6 is 0 Å². The van der Waals surface area contributed by atoms with E-state index in [2.05, 4.69) is 4.99 Å². The summed E-state index contributed by atoms with van der Waals surface area (Å²) in [5, 5.41) is 0. The Balaban J connectivity index is 2.33. The Labute approximate surface area is 105 Å². The standard InChI is InChI=1S/C14H13FN2O/c1-18-13-9-11(7-8-12(13)15)17-14(16)10-5-3-2-4-6-10/h2-9H,1H3,(H2,16,17). The summed E-state index contributed by atoms with van der Waals surface area (Å²) >= 11 is 0. The van der Waals surface area contributed by atoms with Gasteiger partial charge in [-0.05, 0) is 12.1 Å². The SMILES string of the molecule is COc1cc(N=C(N)c2ccccc2)ccc1F. The summed E-state index contributed by atoms with van der Waals surface area (Å²) in [6, 6.07) is 13.7. The molecular weight excluding hydrogens is 231 g/mol. The van der Waals surface area contributed by atoms with Crippen molar-refractivity contribution in [2.75, 3.05) is 7.11 Å². The Bertz CT molecular complexity index is 567. The van der Waals surface area contributed by atoms with E-state index in [0.717, 1.165) is 5.56 Å². The number of aliphatic imine (C=N–C) groups is 1. The maximum absolute atomic E-state index is 13.2. The van der Waals surface area contributed by atoms with Crippen LogP contribution in [0.2, 0.25) is 0 Å². The van der Waals surface area contributed by atoms with Gasteiger partial charge in [0.15, 0.2) is 11.6 Å². The molecule has 0 spiro atoms. The second-order valence-electron chi connectivity index (χ2n) is 3.68. The Morgan fingerprint density at radius 1 is 1.17 bits per heavy atom. The number of nitrogens with two attached hydrogens (primary N) is 1. The van der Waals surface area contributed by atoms with E-state index in [9.17, 15) is 4.39 Å². The van der Waals surface area contributed by atoms with E-state index >= 15 is 0 Å². The van der Waals surface area contributed by atoms with Gasteiger partial charge >= 0.3 is 0 Å². The lowest BCUT2D eigenvalue weighted by Crippen LogP contribution is -2.12. The molecule has 0 aliphatic carbocycles. The Morgan fingerprint density at radius 2 is 1.89 bits per heavy atom. The van der Waals surface area contributed by atoms with Gasteiger partial charge in [-0.1, -0.05) is 30.3 Å². The molecule has 0 bridgehead atoms. The van der Waals surface area contributed by atoms with E-state index in [1.165, 1.54) is 19.2 Å². The smallest absolute Gasteiger partial charge is 0.165 e. The van der Waals surface area contributed by atoms with Gasteiger partial charge in [-0.3, -0.25) is 0 Å². The number of methoxy groups -OCH3 is 1. The van der Waals surface area contributed by atoms with Crippen molar-refractivity contribution >= 4 is 11.5 Å². The third kappa shape index (κ3) is 2.66. The van der Waals surface area contributed by atoms with Crippen molar-refractivity contribution in [3.05, 3.63) is 59.9 Å². The van der Waals surface area contributed by atoms with E-state index in [0.29, 0.717) is 11.5 Å². The summed E-state index contributed by atoms with van der Waals surface area (Å²) in [5.74, 6) is 0.108. The third-order valence-corrected chi connectivity index (χ3v) is 2.45. The van der Waals surface area contributed by atoms with E-state index in [-0.39, 0.29) is 5.75 Å². The molecule has 0 radical (unpaired) electrons. The lowest BCUT2D eigenvalue weighted by atomic mass is 10.2. The molecule has 92 valence electrons. The van der Waals surface area contributed by atoms with E-state index < -0.39 is 5.82 Å². The molecule has 0 saturated heterocycles. The van der Waals surface area contributed by atoms with Gasteiger partial charge < -0.3 is 10.5 Å². The quantitative estimate of drug-likeness (QED) is 0.666. The molecule has 0 amide bonds. The summed E-state index contributed by atoms with van der Waals surface area (Å²) in [6.07, 6.45) is 0. The molecule has 0 unspecified atom stereocenters. The zero-order chi connectivity index (χ0) is 13.0. The highest BCUT2D eigenvalue weighted by molar-refractivity contribution is 5.99. The first kappa shape index (κ1) is 12.1. The normalized spacial score (nSPS) is 11.3. The first-order valence-corrected chi connectivity index (χ1v) is 5.44. The van der Waals surface area contributed by atoms with Crippen LogP contribution in [-0.4, -0.2) is 12.9 Å². The molecule has 0 aliphatic heterocycles. The van der Waals surface area contributed by atoms with Crippen LogP contribution in [0.4, 0.5) is 10.1 Å². The number of hydrogen-bond donors (Lipinski definition) is 1. The van der Waals surface area contributed by atoms with Gasteiger partial charge in [-0.25, -0.2) is 9.38 Å². The van der Waals surface area contributed by atoms with Gasteiger partial charge in [0.05, 0.1) is 12.8 Å². The van der Waals surface area contributed by atoms with Crippen LogP contribution in [0.3, 0.4) is 0 Å². The molecule has 4 heteroatoms. The van der Waals surface area contributed by atoms with Crippen LogP contribution in [0.5, 0.6) is 5.75 Å². The zero-order valence-electron chi connectivity index (χ0n) is 9.93. The summed E-state index contributed by atoms with van der Waals surface area (Å²) in [7, 11) is 1.41. The van der Waals surface area contributed by atoms with Crippen LogP contribution in [0.15, 0.2) is 53.5 Å². The summed E-state index contributed by atoms with van der Waals surface area (Å²) < 4.78 is 18.1. The zero-order valence-corrected chi connectivity index (χ0v) is 9.93. The first-order chi connectivity index (χ1) is 8.70. The molecule has 0 atom stereocenters. The van der Waals surface area contributed by atoms with Crippen molar-refractivity contribution < 1.29 is 9.13 Å². The maximum atomic E-state index is 13.2. The average molecular weight is 244 g/mol. The van der Waals surface area contributed by atoms with Crippen LogP contribution in [-0.2, 0) is 0 Å². The number of halogens is 1. The minimum atomic E-state index is -0.422. The lowest BCUT2D eigenvalue weighted by molar-refractivity contribution is 0.387. The third-order valence-electron chi connectivity index (χ3n) is 2.45. The van der Waals surface area contributed by atoms with Gasteiger partial charge in [-0.2, -0.15) is 0 Å². The predicted octanol–water partition coefficient (Wildman–Crippen LogP) is 2.87. The van der Waals surface area contributed by atoms with E-state index in [4.69, 9.17) is 10.5 Å². The number of ether oxygens (including phenoxy) is 1. The number of nitrogens with zero attached hydrogens (tertiary/aromatic N) is 1. The number of hydrogen-bond acceptors (Lipinski definition) is 2. The van der Waals surface area contributed by atoms with Crippen molar-refractivity contribution in [2.24, 2.45) is 10.7 Å². The fourth-order valence-corrected chi connectivity index (χ4v) is 1.53. The van der Waals surface area contributed by atoms with Crippen molar-refractivity contribution in [1.82, 2.24) is 0 Å². The molecule has 2 aromatic carbocycles. The summed E-state index contributed by atoms with van der Waals surface area (Å²) in [5.41, 5.74) is 7.24. The predicted molar refractivity (Wildman–Crippen MR) is 69.8 cm³/mol. The van der Waals surface area contributed by atoms with Gasteiger partial charge in [0.2, 0.25) is 0 Å². The number of amidine groups is 1. The molecule has 0 aromatic heterocycles. The monoisotopic (exact) mass is 244 g/mol. The van der Waals surface area contributed by atoms with Crippen LogP contribution in [0, 0.1) is 5.82 Å². The topological polar surface area (TPSA) is 47.6 Å². The van der Waals surface area contributed by atoms with Gasteiger partial charge in [0.1, 0.15) is 5.84 Å². The first-order valence-electron chi connectivity index (χ1n) is 5.44. The highest BCUT2D eigenvalue weighted by Crippen LogP contribution is 2.23. The van der Waals surface area contributed by atoms with Crippen molar-refractivity contribution in [3.8, 4) is 5.75 Å². The molecular formula is C14H13FN2O. The molecule has 2 aromatic rings. The molecule has 0 aliphatic rings. The number of benzene rings is 2. The van der Waals surface area contributed by atoms with Crippen LogP contribution < -0.4 is 10.5 Å². The molecule has 0 heterocycles. The fourth-order valence-electron chi connectivity index (χ4n) is 1.53. The molecule has 2 rings (SSSR count). The minimum absolute atomic E-state index is 0.150. The highest BCUT2D eigenvalue weighted by Gasteiger charge is 2.03. The van der Waals surface area contributed by atoms with E-state index in [1.807, 2.05) is 30.3 Å². The summed E-state index contributed by atoms with van der Waals surface area (Å²) in [6.45, 7) is 0. The average Bonchev–Trinajstić information content (AvgIpc) is 2.42. The van der Waals surface area contributed by atoms with Crippen molar-refractivity contribution in [1.29, 1.82) is 0 Å². The second-order valence-corrected chi connectivity index (χ2v) is 3.68. The Morgan fingerprint density at radius 3 is 2.56 bits per heavy atom. The van der Waals surface area contributed by atoms with Gasteiger partial charge in [0, 0.05) is 11.6 Å². The van der Waals surface area contributed by atoms with E-state index in [1.54, 1.807) is 6.07 Å². The highest BCUT2D eigenvalue weighted by atomic mass is 19.1.